The maximum Gasteiger partial charge on any atom is 0.261 e. The van der Waals surface area contributed by atoms with E-state index >= 15 is 0 Å². The van der Waals surface area contributed by atoms with E-state index in [1.165, 1.54) is 42.7 Å². The summed E-state index contributed by atoms with van der Waals surface area (Å²) in [5.41, 5.74) is 0.317. The number of hydrogen-bond donors (Lipinski definition) is 2. The van der Waals surface area contributed by atoms with E-state index in [9.17, 15) is 17.6 Å². The van der Waals surface area contributed by atoms with Gasteiger partial charge in [-0.15, -0.1) is 0 Å². The number of fused-ring (bicyclic) bond motifs is 1. The summed E-state index contributed by atoms with van der Waals surface area (Å²) in [5, 5.41) is 1.14. The van der Waals surface area contributed by atoms with E-state index in [1.54, 1.807) is 6.07 Å². The topological polar surface area (TPSA) is 91.9 Å². The molecule has 0 aliphatic heterocycles. The van der Waals surface area contributed by atoms with Crippen LogP contribution in [0.2, 0.25) is 10.0 Å². The number of halogens is 3. The van der Waals surface area contributed by atoms with Crippen LogP contribution in [-0.4, -0.2) is 24.2 Å². The highest BCUT2D eigenvalue weighted by atomic mass is 35.5. The lowest BCUT2D eigenvalue weighted by molar-refractivity contribution is 0.103. The summed E-state index contributed by atoms with van der Waals surface area (Å²) in [6.45, 7) is 0. The fourth-order valence-electron chi connectivity index (χ4n) is 2.90. The summed E-state index contributed by atoms with van der Waals surface area (Å²) in [5.74, 6) is -1.44. The van der Waals surface area contributed by atoms with Gasteiger partial charge in [0.15, 0.2) is 5.78 Å². The van der Waals surface area contributed by atoms with Gasteiger partial charge >= 0.3 is 0 Å². The van der Waals surface area contributed by atoms with Crippen molar-refractivity contribution in [1.29, 1.82) is 0 Å². The van der Waals surface area contributed by atoms with Gasteiger partial charge in [0.1, 0.15) is 11.5 Å². The lowest BCUT2D eigenvalue weighted by Gasteiger charge is -2.10. The quantitative estimate of drug-likeness (QED) is 0.405. The molecule has 0 unspecified atom stereocenters. The predicted octanol–water partition coefficient (Wildman–Crippen LogP) is 5.04. The number of anilines is 1. The Morgan fingerprint density at radius 2 is 1.73 bits per heavy atom. The molecule has 0 radical (unpaired) electrons. The Morgan fingerprint density at radius 1 is 1.00 bits per heavy atom. The standard InChI is InChI=1S/C20H12Cl2FN3O3S/c21-11-1-4-14(5-2-11)30(28,29)26-13-3-6-18(23)16(8-13)19(27)17-10-25-20-15(17)7-12(22)9-24-20/h1-10,26H,(H,24,25). The van der Waals surface area contributed by atoms with Gasteiger partial charge in [-0.2, -0.15) is 0 Å². The number of nitrogens with one attached hydrogen (secondary N) is 2. The average Bonchev–Trinajstić information content (AvgIpc) is 3.12. The van der Waals surface area contributed by atoms with Crippen LogP contribution in [0.1, 0.15) is 15.9 Å². The highest BCUT2D eigenvalue weighted by molar-refractivity contribution is 7.92. The zero-order valence-electron chi connectivity index (χ0n) is 15.0. The molecular weight excluding hydrogens is 452 g/mol. The summed E-state index contributed by atoms with van der Waals surface area (Å²) < 4.78 is 41.9. The summed E-state index contributed by atoms with van der Waals surface area (Å²) in [6, 6.07) is 10.5. The summed E-state index contributed by atoms with van der Waals surface area (Å²) in [4.78, 5) is 19.8. The molecule has 0 aliphatic rings. The van der Waals surface area contributed by atoms with Gasteiger partial charge < -0.3 is 4.98 Å². The number of H-pyrrole nitrogens is 1. The second-order valence-electron chi connectivity index (χ2n) is 6.34. The van der Waals surface area contributed by atoms with Crippen molar-refractivity contribution in [2.24, 2.45) is 0 Å². The van der Waals surface area contributed by atoms with E-state index in [-0.39, 0.29) is 21.7 Å². The summed E-state index contributed by atoms with van der Waals surface area (Å²) in [6.07, 6.45) is 2.82. The van der Waals surface area contributed by atoms with Gasteiger partial charge in [-0.3, -0.25) is 9.52 Å². The molecule has 0 fully saturated rings. The van der Waals surface area contributed by atoms with Crippen LogP contribution in [0.25, 0.3) is 11.0 Å². The number of sulfonamides is 1. The van der Waals surface area contributed by atoms with E-state index in [1.807, 2.05) is 0 Å². The minimum Gasteiger partial charge on any atom is -0.345 e. The lowest BCUT2D eigenvalue weighted by atomic mass is 10.0. The maximum atomic E-state index is 14.4. The van der Waals surface area contributed by atoms with Gasteiger partial charge in [-0.1, -0.05) is 23.2 Å². The zero-order chi connectivity index (χ0) is 21.5. The monoisotopic (exact) mass is 463 g/mol. The fourth-order valence-corrected chi connectivity index (χ4v) is 4.23. The molecule has 152 valence electrons. The molecule has 0 spiro atoms. The number of hydrogen-bond acceptors (Lipinski definition) is 4. The van der Waals surface area contributed by atoms with Crippen LogP contribution in [0.5, 0.6) is 0 Å². The first-order valence-electron chi connectivity index (χ1n) is 8.50. The van der Waals surface area contributed by atoms with Crippen LogP contribution in [-0.2, 0) is 10.0 Å². The van der Waals surface area contributed by atoms with Crippen molar-refractivity contribution < 1.29 is 17.6 Å². The van der Waals surface area contributed by atoms with Crippen molar-refractivity contribution in [2.75, 3.05) is 4.72 Å². The summed E-state index contributed by atoms with van der Waals surface area (Å²) in [7, 11) is -3.96. The van der Waals surface area contributed by atoms with Crippen LogP contribution in [0.4, 0.5) is 10.1 Å². The molecule has 30 heavy (non-hydrogen) atoms. The third-order valence-corrected chi connectivity index (χ3v) is 6.19. The van der Waals surface area contributed by atoms with Crippen molar-refractivity contribution in [3.05, 3.63) is 87.9 Å². The van der Waals surface area contributed by atoms with E-state index in [4.69, 9.17) is 23.2 Å². The number of nitrogens with zero attached hydrogens (tertiary/aromatic N) is 1. The van der Waals surface area contributed by atoms with Crippen LogP contribution >= 0.6 is 23.2 Å². The van der Waals surface area contributed by atoms with Gasteiger partial charge in [-0.25, -0.2) is 17.8 Å². The molecule has 10 heteroatoms. The molecule has 0 saturated carbocycles. The smallest absolute Gasteiger partial charge is 0.261 e. The normalized spacial score (nSPS) is 11.6. The highest BCUT2D eigenvalue weighted by Crippen LogP contribution is 2.26. The third kappa shape index (κ3) is 3.89. The summed E-state index contributed by atoms with van der Waals surface area (Å²) >= 11 is 11.7. The van der Waals surface area contributed by atoms with Gasteiger partial charge in [0.25, 0.3) is 10.0 Å². The molecule has 0 saturated heterocycles. The molecule has 2 N–H and O–H groups in total. The maximum absolute atomic E-state index is 14.4. The first-order valence-corrected chi connectivity index (χ1v) is 10.7. The Bertz CT molecular complexity index is 1390. The molecular formula is C20H12Cl2FN3O3S. The number of benzene rings is 2. The first-order chi connectivity index (χ1) is 14.2. The van der Waals surface area contributed by atoms with Crippen molar-refractivity contribution in [1.82, 2.24) is 9.97 Å². The van der Waals surface area contributed by atoms with Gasteiger partial charge in [0.2, 0.25) is 0 Å². The van der Waals surface area contributed by atoms with Gasteiger partial charge in [0.05, 0.1) is 15.5 Å². The Hall–Kier alpha value is -2.94. The number of pyridine rings is 1. The lowest BCUT2D eigenvalue weighted by Crippen LogP contribution is -2.14. The number of carbonyl (C=O) groups excluding carboxylic acids is 1. The number of rotatable bonds is 5. The highest BCUT2D eigenvalue weighted by Gasteiger charge is 2.21. The predicted molar refractivity (Wildman–Crippen MR) is 113 cm³/mol. The van der Waals surface area contributed by atoms with Crippen molar-refractivity contribution in [3.8, 4) is 0 Å². The Kier molecular flexibility index (Phi) is 5.23. The third-order valence-electron chi connectivity index (χ3n) is 4.33. The first kappa shape index (κ1) is 20.3. The van der Waals surface area contributed by atoms with Crippen LogP contribution in [0.3, 0.4) is 0 Å². The minimum absolute atomic E-state index is 0.0264. The SMILES string of the molecule is O=C(c1cc(NS(=O)(=O)c2ccc(Cl)cc2)ccc1F)c1c[nH]c2ncc(Cl)cc12. The zero-order valence-corrected chi connectivity index (χ0v) is 17.3. The van der Waals surface area contributed by atoms with E-state index in [0.717, 1.165) is 12.1 Å². The van der Waals surface area contributed by atoms with Crippen molar-refractivity contribution in [2.45, 2.75) is 4.90 Å². The van der Waals surface area contributed by atoms with Gasteiger partial charge in [0, 0.05) is 34.1 Å². The number of aromatic nitrogens is 2. The van der Waals surface area contributed by atoms with Crippen LogP contribution < -0.4 is 4.72 Å². The molecule has 6 nitrogen and oxygen atoms in total. The second kappa shape index (κ2) is 7.71. The number of ketones is 1. The van der Waals surface area contributed by atoms with E-state index in [0.29, 0.717) is 21.1 Å². The molecule has 2 aromatic heterocycles. The Balaban J connectivity index is 1.70. The molecule has 0 amide bonds. The second-order valence-corrected chi connectivity index (χ2v) is 8.89. The fraction of sp³-hybridized carbons (Fsp3) is 0. The van der Waals surface area contributed by atoms with E-state index in [2.05, 4.69) is 14.7 Å². The van der Waals surface area contributed by atoms with Crippen molar-refractivity contribution >= 4 is 55.7 Å². The van der Waals surface area contributed by atoms with Gasteiger partial charge in [-0.05, 0) is 48.5 Å². The van der Waals surface area contributed by atoms with E-state index < -0.39 is 21.6 Å². The average molecular weight is 464 g/mol. The minimum atomic E-state index is -3.96. The Labute approximate surface area is 180 Å². The molecule has 2 heterocycles. The number of aromatic amines is 1. The molecule has 4 rings (SSSR count). The molecule has 2 aromatic carbocycles. The molecule has 4 aromatic rings. The molecule has 0 atom stereocenters. The Morgan fingerprint density at radius 3 is 2.47 bits per heavy atom. The van der Waals surface area contributed by atoms with Crippen LogP contribution in [0.15, 0.2) is 65.8 Å². The molecule has 0 bridgehead atoms. The van der Waals surface area contributed by atoms with Crippen molar-refractivity contribution in [3.63, 3.8) is 0 Å². The van der Waals surface area contributed by atoms with Crippen LogP contribution in [0, 0.1) is 5.82 Å². The number of carbonyl (C=O) groups is 1. The largest absolute Gasteiger partial charge is 0.345 e. The molecule has 0 aliphatic carbocycles.